The van der Waals surface area contributed by atoms with Crippen molar-refractivity contribution in [2.75, 3.05) is 26.7 Å². The van der Waals surface area contributed by atoms with Gasteiger partial charge in [0, 0.05) is 23.5 Å². The predicted octanol–water partition coefficient (Wildman–Crippen LogP) is 5.59. The number of ether oxygens (including phenoxy) is 1. The lowest BCUT2D eigenvalue weighted by Crippen LogP contribution is -2.35. The standard InChI is InChI=1S/C27H29N3O2S/c1-19-17-24-25(33-19)27(31)30(16-15-29-13-4-3-5-14-29)26(28-24)21-11-9-20(10-12-21)22-7-6-8-23(18-22)32-2/h6-12,17-18H,3-5,13-16H2,1-2H3. The van der Waals surface area contributed by atoms with Crippen LogP contribution >= 0.6 is 11.3 Å². The second-order valence-electron chi connectivity index (χ2n) is 8.68. The van der Waals surface area contributed by atoms with E-state index in [0.717, 1.165) is 63.0 Å². The average Bonchev–Trinajstić information content (AvgIpc) is 3.25. The van der Waals surface area contributed by atoms with Gasteiger partial charge >= 0.3 is 0 Å². The Morgan fingerprint density at radius 2 is 1.70 bits per heavy atom. The van der Waals surface area contributed by atoms with Crippen molar-refractivity contribution >= 4 is 21.6 Å². The van der Waals surface area contributed by atoms with Crippen molar-refractivity contribution in [3.05, 3.63) is 69.8 Å². The molecule has 0 saturated carbocycles. The Kier molecular flexibility index (Phi) is 6.29. The SMILES string of the molecule is COc1cccc(-c2ccc(-c3nc4cc(C)sc4c(=O)n3CCN3CCCCC3)cc2)c1. The molecule has 1 saturated heterocycles. The molecule has 6 heteroatoms. The molecule has 5 nitrogen and oxygen atoms in total. The second-order valence-corrected chi connectivity index (χ2v) is 9.93. The molecule has 2 aromatic carbocycles. The minimum Gasteiger partial charge on any atom is -0.497 e. The van der Waals surface area contributed by atoms with Crippen molar-refractivity contribution in [1.29, 1.82) is 0 Å². The number of nitrogens with zero attached hydrogens (tertiary/aromatic N) is 3. The highest BCUT2D eigenvalue weighted by molar-refractivity contribution is 7.18. The van der Waals surface area contributed by atoms with E-state index in [1.165, 1.54) is 19.3 Å². The Hall–Kier alpha value is -2.96. The molecule has 0 aliphatic carbocycles. The zero-order valence-corrected chi connectivity index (χ0v) is 20.0. The van der Waals surface area contributed by atoms with Crippen LogP contribution in [0.3, 0.4) is 0 Å². The second kappa shape index (κ2) is 9.49. The zero-order valence-electron chi connectivity index (χ0n) is 19.2. The van der Waals surface area contributed by atoms with E-state index in [1.807, 2.05) is 35.8 Å². The van der Waals surface area contributed by atoms with E-state index in [1.54, 1.807) is 18.4 Å². The van der Waals surface area contributed by atoms with E-state index >= 15 is 0 Å². The van der Waals surface area contributed by atoms with Crippen LogP contribution in [0.2, 0.25) is 0 Å². The first kappa shape index (κ1) is 21.9. The molecule has 4 aromatic rings. The van der Waals surface area contributed by atoms with Crippen molar-refractivity contribution in [2.24, 2.45) is 0 Å². The maximum absolute atomic E-state index is 13.5. The molecule has 0 bridgehead atoms. The molecule has 0 spiro atoms. The summed E-state index contributed by atoms with van der Waals surface area (Å²) in [4.78, 5) is 22.0. The number of fused-ring (bicyclic) bond motifs is 1. The van der Waals surface area contributed by atoms with E-state index < -0.39 is 0 Å². The van der Waals surface area contributed by atoms with Crippen LogP contribution in [-0.4, -0.2) is 41.2 Å². The summed E-state index contributed by atoms with van der Waals surface area (Å²) in [5, 5.41) is 0. The fourth-order valence-electron chi connectivity index (χ4n) is 4.60. The van der Waals surface area contributed by atoms with Gasteiger partial charge in [-0.15, -0.1) is 11.3 Å². The molecule has 0 N–H and O–H groups in total. The molecule has 0 unspecified atom stereocenters. The summed E-state index contributed by atoms with van der Waals surface area (Å²) in [6.45, 7) is 5.81. The van der Waals surface area contributed by atoms with Gasteiger partial charge in [-0.05, 0) is 62.2 Å². The minimum absolute atomic E-state index is 0.0713. The Morgan fingerprint density at radius 3 is 2.45 bits per heavy atom. The van der Waals surface area contributed by atoms with Crippen LogP contribution in [0.1, 0.15) is 24.1 Å². The van der Waals surface area contributed by atoms with Crippen LogP contribution in [0, 0.1) is 6.92 Å². The molecular formula is C27H29N3O2S. The molecule has 1 aliphatic heterocycles. The number of piperidine rings is 1. The van der Waals surface area contributed by atoms with Gasteiger partial charge in [0.2, 0.25) is 0 Å². The lowest BCUT2D eigenvalue weighted by molar-refractivity contribution is 0.220. The van der Waals surface area contributed by atoms with E-state index in [0.29, 0.717) is 6.54 Å². The highest BCUT2D eigenvalue weighted by Gasteiger charge is 2.17. The Balaban J connectivity index is 1.52. The Labute approximate surface area is 198 Å². The maximum atomic E-state index is 13.5. The normalized spacial score (nSPS) is 14.6. The third-order valence-corrected chi connectivity index (χ3v) is 7.42. The van der Waals surface area contributed by atoms with Gasteiger partial charge in [-0.3, -0.25) is 9.36 Å². The van der Waals surface area contributed by atoms with Gasteiger partial charge in [0.15, 0.2) is 0 Å². The fraction of sp³-hybridized carbons (Fsp3) is 0.333. The topological polar surface area (TPSA) is 47.4 Å². The van der Waals surface area contributed by atoms with Crippen molar-refractivity contribution < 1.29 is 4.74 Å². The van der Waals surface area contributed by atoms with Crippen molar-refractivity contribution in [2.45, 2.75) is 32.7 Å². The van der Waals surface area contributed by atoms with Crippen LogP contribution in [0.5, 0.6) is 5.75 Å². The first-order valence-electron chi connectivity index (χ1n) is 11.6. The molecule has 0 atom stereocenters. The fourth-order valence-corrected chi connectivity index (χ4v) is 5.50. The number of methoxy groups -OCH3 is 1. The van der Waals surface area contributed by atoms with Crippen LogP contribution in [-0.2, 0) is 6.54 Å². The molecule has 33 heavy (non-hydrogen) atoms. The van der Waals surface area contributed by atoms with Gasteiger partial charge in [-0.2, -0.15) is 0 Å². The number of likely N-dealkylation sites (tertiary alicyclic amines) is 1. The monoisotopic (exact) mass is 459 g/mol. The third kappa shape index (κ3) is 4.59. The van der Waals surface area contributed by atoms with Gasteiger partial charge in [0.05, 0.1) is 12.6 Å². The summed E-state index contributed by atoms with van der Waals surface area (Å²) in [6.07, 6.45) is 3.80. The first-order chi connectivity index (χ1) is 16.1. The zero-order chi connectivity index (χ0) is 22.8. The number of hydrogen-bond donors (Lipinski definition) is 0. The molecule has 3 heterocycles. The van der Waals surface area contributed by atoms with E-state index in [-0.39, 0.29) is 5.56 Å². The lowest BCUT2D eigenvalue weighted by atomic mass is 10.0. The molecule has 2 aromatic heterocycles. The summed E-state index contributed by atoms with van der Waals surface area (Å²) in [6, 6.07) is 18.4. The first-order valence-corrected chi connectivity index (χ1v) is 12.4. The van der Waals surface area contributed by atoms with Crippen molar-refractivity contribution in [3.63, 3.8) is 0 Å². The van der Waals surface area contributed by atoms with Crippen molar-refractivity contribution in [1.82, 2.24) is 14.5 Å². The van der Waals surface area contributed by atoms with Crippen LogP contribution in [0.15, 0.2) is 59.4 Å². The number of thiophene rings is 1. The minimum atomic E-state index is 0.0713. The highest BCUT2D eigenvalue weighted by atomic mass is 32.1. The molecule has 1 aliphatic rings. The Bertz CT molecular complexity index is 1320. The quantitative estimate of drug-likeness (QED) is 0.377. The van der Waals surface area contributed by atoms with Crippen LogP contribution in [0.4, 0.5) is 0 Å². The van der Waals surface area contributed by atoms with Gasteiger partial charge in [-0.1, -0.05) is 42.8 Å². The summed E-state index contributed by atoms with van der Waals surface area (Å²) in [5.41, 5.74) is 4.03. The summed E-state index contributed by atoms with van der Waals surface area (Å²) < 4.78 is 8.00. The van der Waals surface area contributed by atoms with Gasteiger partial charge in [0.25, 0.3) is 5.56 Å². The van der Waals surface area contributed by atoms with Crippen LogP contribution < -0.4 is 10.3 Å². The molecule has 5 rings (SSSR count). The van der Waals surface area contributed by atoms with Crippen LogP contribution in [0.25, 0.3) is 32.7 Å². The highest BCUT2D eigenvalue weighted by Crippen LogP contribution is 2.28. The molecule has 0 radical (unpaired) electrons. The number of rotatable bonds is 6. The smallest absolute Gasteiger partial charge is 0.271 e. The van der Waals surface area contributed by atoms with Gasteiger partial charge in [0.1, 0.15) is 16.3 Å². The summed E-state index contributed by atoms with van der Waals surface area (Å²) >= 11 is 1.54. The summed E-state index contributed by atoms with van der Waals surface area (Å²) in [5.74, 6) is 1.59. The molecule has 1 fully saturated rings. The van der Waals surface area contributed by atoms with E-state index in [9.17, 15) is 4.79 Å². The maximum Gasteiger partial charge on any atom is 0.271 e. The molecular weight excluding hydrogens is 430 g/mol. The largest absolute Gasteiger partial charge is 0.497 e. The van der Waals surface area contributed by atoms with E-state index in [2.05, 4.69) is 35.2 Å². The molecule has 0 amide bonds. The molecule has 170 valence electrons. The predicted molar refractivity (Wildman–Crippen MR) is 136 cm³/mol. The summed E-state index contributed by atoms with van der Waals surface area (Å²) in [7, 11) is 1.68. The van der Waals surface area contributed by atoms with Gasteiger partial charge in [-0.25, -0.2) is 4.98 Å². The number of hydrogen-bond acceptors (Lipinski definition) is 5. The number of aryl methyl sites for hydroxylation is 1. The Morgan fingerprint density at radius 1 is 0.939 bits per heavy atom. The van der Waals surface area contributed by atoms with Crippen molar-refractivity contribution in [3.8, 4) is 28.3 Å². The van der Waals surface area contributed by atoms with E-state index in [4.69, 9.17) is 9.72 Å². The van der Waals surface area contributed by atoms with Gasteiger partial charge < -0.3 is 9.64 Å². The number of aromatic nitrogens is 2. The third-order valence-electron chi connectivity index (χ3n) is 6.39. The lowest BCUT2D eigenvalue weighted by Gasteiger charge is -2.27. The average molecular weight is 460 g/mol. The number of benzene rings is 2.